The number of aliphatic imine (C=N–C) groups is 1. The predicted octanol–water partition coefficient (Wildman–Crippen LogP) is 3.70. The van der Waals surface area contributed by atoms with Gasteiger partial charge in [0.1, 0.15) is 12.4 Å². The van der Waals surface area contributed by atoms with E-state index in [1.54, 1.807) is 6.20 Å². The summed E-state index contributed by atoms with van der Waals surface area (Å²) in [4.78, 5) is 20.5. The van der Waals surface area contributed by atoms with Gasteiger partial charge in [-0.1, -0.05) is 31.2 Å². The van der Waals surface area contributed by atoms with Crippen molar-refractivity contribution in [2.75, 3.05) is 18.0 Å². The SMILES string of the molecule is CCC(C=O)N(c1ccccc1)C1CCN(C2=CN=CCC=C2C#N)CC1. The molecule has 2 heterocycles. The van der Waals surface area contributed by atoms with E-state index < -0.39 is 0 Å². The molecule has 2 aliphatic heterocycles. The standard InChI is InChI=1S/C22H26N4O/c1-2-19(17-27)26(20-8-4-3-5-9-20)21-10-13-25(14-11-21)22-16-24-12-6-7-18(22)15-23/h3-5,7-9,12,16-17,19,21H,2,6,10-11,13-14H2,1H3. The number of allylic oxidation sites excluding steroid dienone is 2. The summed E-state index contributed by atoms with van der Waals surface area (Å²) in [6.07, 6.45) is 10.0. The molecule has 27 heavy (non-hydrogen) atoms. The molecule has 5 heteroatoms. The fourth-order valence-electron chi connectivity index (χ4n) is 3.90. The third kappa shape index (κ3) is 4.28. The Morgan fingerprint density at radius 2 is 2.07 bits per heavy atom. The largest absolute Gasteiger partial charge is 0.369 e. The van der Waals surface area contributed by atoms with E-state index >= 15 is 0 Å². The van der Waals surface area contributed by atoms with Gasteiger partial charge in [0.15, 0.2) is 0 Å². The van der Waals surface area contributed by atoms with Crippen molar-refractivity contribution in [3.63, 3.8) is 0 Å². The highest BCUT2D eigenvalue weighted by molar-refractivity contribution is 5.67. The zero-order valence-corrected chi connectivity index (χ0v) is 15.8. The third-order valence-corrected chi connectivity index (χ3v) is 5.31. The van der Waals surface area contributed by atoms with Crippen LogP contribution in [0.2, 0.25) is 0 Å². The van der Waals surface area contributed by atoms with Gasteiger partial charge in [0.25, 0.3) is 0 Å². The first-order valence-corrected chi connectivity index (χ1v) is 9.64. The summed E-state index contributed by atoms with van der Waals surface area (Å²) in [5, 5.41) is 9.45. The van der Waals surface area contributed by atoms with Crippen molar-refractivity contribution in [2.24, 2.45) is 4.99 Å². The molecule has 1 aromatic carbocycles. The minimum atomic E-state index is -0.111. The van der Waals surface area contributed by atoms with E-state index in [9.17, 15) is 10.1 Å². The molecule has 0 aromatic heterocycles. The maximum Gasteiger partial charge on any atom is 0.142 e. The van der Waals surface area contributed by atoms with Crippen LogP contribution in [0.15, 0.2) is 58.9 Å². The number of rotatable bonds is 6. The highest BCUT2D eigenvalue weighted by atomic mass is 16.1. The molecule has 1 aromatic rings. The number of likely N-dealkylation sites (tertiary alicyclic amines) is 1. The second-order valence-electron chi connectivity index (χ2n) is 6.88. The Morgan fingerprint density at radius 1 is 1.33 bits per heavy atom. The Labute approximate surface area is 161 Å². The van der Waals surface area contributed by atoms with E-state index in [0.29, 0.717) is 18.0 Å². The van der Waals surface area contributed by atoms with Gasteiger partial charge >= 0.3 is 0 Å². The number of nitriles is 1. The second-order valence-corrected chi connectivity index (χ2v) is 6.88. The fraction of sp³-hybridized carbons (Fsp3) is 0.409. The van der Waals surface area contributed by atoms with Crippen LogP contribution in [0, 0.1) is 11.3 Å². The molecule has 0 bridgehead atoms. The van der Waals surface area contributed by atoms with E-state index in [1.165, 1.54) is 0 Å². The van der Waals surface area contributed by atoms with Gasteiger partial charge in [-0.25, -0.2) is 0 Å². The molecular formula is C22H26N4O. The van der Waals surface area contributed by atoms with Crippen LogP contribution in [0.3, 0.4) is 0 Å². The van der Waals surface area contributed by atoms with E-state index in [-0.39, 0.29) is 6.04 Å². The van der Waals surface area contributed by atoms with Crippen molar-refractivity contribution in [1.29, 1.82) is 5.26 Å². The average molecular weight is 362 g/mol. The predicted molar refractivity (Wildman–Crippen MR) is 109 cm³/mol. The lowest BCUT2D eigenvalue weighted by atomic mass is 9.98. The zero-order valence-electron chi connectivity index (χ0n) is 15.8. The van der Waals surface area contributed by atoms with E-state index in [4.69, 9.17) is 0 Å². The van der Waals surface area contributed by atoms with E-state index in [0.717, 1.165) is 50.0 Å². The monoisotopic (exact) mass is 362 g/mol. The summed E-state index contributed by atoms with van der Waals surface area (Å²) in [6, 6.07) is 12.7. The number of nitrogens with zero attached hydrogens (tertiary/aromatic N) is 4. The van der Waals surface area contributed by atoms with Crippen molar-refractivity contribution in [1.82, 2.24) is 4.90 Å². The van der Waals surface area contributed by atoms with Crippen molar-refractivity contribution in [3.05, 3.63) is 53.9 Å². The molecule has 0 spiro atoms. The zero-order chi connectivity index (χ0) is 19.1. The normalized spacial score (nSPS) is 18.7. The van der Waals surface area contributed by atoms with Crippen LogP contribution in [0.5, 0.6) is 0 Å². The summed E-state index contributed by atoms with van der Waals surface area (Å²) in [7, 11) is 0. The van der Waals surface area contributed by atoms with Gasteiger partial charge in [0, 0.05) is 37.5 Å². The van der Waals surface area contributed by atoms with Crippen LogP contribution >= 0.6 is 0 Å². The first-order valence-electron chi connectivity index (χ1n) is 9.64. The van der Waals surface area contributed by atoms with Gasteiger partial charge in [0.05, 0.1) is 23.5 Å². The van der Waals surface area contributed by atoms with Crippen LogP contribution in [0.4, 0.5) is 5.69 Å². The molecule has 0 radical (unpaired) electrons. The topological polar surface area (TPSA) is 59.7 Å². The van der Waals surface area contributed by atoms with Gasteiger partial charge in [-0.05, 0) is 31.4 Å². The van der Waals surface area contributed by atoms with Gasteiger partial charge in [-0.2, -0.15) is 5.26 Å². The molecule has 0 aliphatic carbocycles. The maximum absolute atomic E-state index is 11.7. The molecule has 0 saturated carbocycles. The minimum Gasteiger partial charge on any atom is -0.369 e. The number of piperidine rings is 1. The number of carbonyl (C=O) groups is 1. The molecule has 1 unspecified atom stereocenters. The highest BCUT2D eigenvalue weighted by Gasteiger charge is 2.30. The fourth-order valence-corrected chi connectivity index (χ4v) is 3.90. The summed E-state index contributed by atoms with van der Waals surface area (Å²) >= 11 is 0. The second kappa shape index (κ2) is 9.18. The number of aldehydes is 1. The van der Waals surface area contributed by atoms with Gasteiger partial charge in [0.2, 0.25) is 0 Å². The Morgan fingerprint density at radius 3 is 2.70 bits per heavy atom. The number of hydrogen-bond donors (Lipinski definition) is 0. The Hall–Kier alpha value is -2.87. The average Bonchev–Trinajstić information content (AvgIpc) is 2.98. The molecule has 1 saturated heterocycles. The molecule has 0 amide bonds. The lowest BCUT2D eigenvalue weighted by Gasteiger charge is -2.43. The number of para-hydroxylation sites is 1. The van der Waals surface area contributed by atoms with E-state index in [1.807, 2.05) is 30.5 Å². The van der Waals surface area contributed by atoms with E-state index in [2.05, 4.69) is 39.9 Å². The quantitative estimate of drug-likeness (QED) is 0.724. The van der Waals surface area contributed by atoms with Crippen LogP contribution in [0.25, 0.3) is 0 Å². The summed E-state index contributed by atoms with van der Waals surface area (Å²) < 4.78 is 0. The molecule has 5 nitrogen and oxygen atoms in total. The number of anilines is 1. The first-order chi connectivity index (χ1) is 13.3. The summed E-state index contributed by atoms with van der Waals surface area (Å²) in [5.41, 5.74) is 2.72. The third-order valence-electron chi connectivity index (χ3n) is 5.31. The first kappa shape index (κ1) is 18.9. The summed E-state index contributed by atoms with van der Waals surface area (Å²) in [6.45, 7) is 3.76. The Bertz CT molecular complexity index is 767. The minimum absolute atomic E-state index is 0.111. The molecule has 1 fully saturated rings. The maximum atomic E-state index is 11.7. The van der Waals surface area contributed by atoms with Gasteiger partial charge in [-0.3, -0.25) is 4.99 Å². The van der Waals surface area contributed by atoms with Crippen molar-refractivity contribution in [2.45, 2.75) is 44.7 Å². The summed E-state index contributed by atoms with van der Waals surface area (Å²) in [5.74, 6) is 0. The molecule has 3 rings (SSSR count). The van der Waals surface area contributed by atoms with Crippen LogP contribution in [0.1, 0.15) is 32.6 Å². The van der Waals surface area contributed by atoms with Crippen molar-refractivity contribution in [3.8, 4) is 6.07 Å². The van der Waals surface area contributed by atoms with Crippen LogP contribution < -0.4 is 4.90 Å². The molecule has 1 atom stereocenters. The highest BCUT2D eigenvalue weighted by Crippen LogP contribution is 2.29. The number of carbonyl (C=O) groups excluding carboxylic acids is 1. The van der Waals surface area contributed by atoms with Crippen molar-refractivity contribution >= 4 is 18.2 Å². The molecule has 0 N–H and O–H groups in total. The molecule has 140 valence electrons. The lowest BCUT2D eigenvalue weighted by molar-refractivity contribution is -0.109. The Balaban J connectivity index is 1.76. The lowest BCUT2D eigenvalue weighted by Crippen LogP contribution is -2.49. The smallest absolute Gasteiger partial charge is 0.142 e. The van der Waals surface area contributed by atoms with Gasteiger partial charge in [-0.15, -0.1) is 0 Å². The van der Waals surface area contributed by atoms with Crippen molar-refractivity contribution < 1.29 is 4.79 Å². The number of hydrogen-bond acceptors (Lipinski definition) is 5. The van der Waals surface area contributed by atoms with Crippen LogP contribution in [-0.2, 0) is 4.79 Å². The molecule has 2 aliphatic rings. The van der Waals surface area contributed by atoms with Crippen LogP contribution in [-0.4, -0.2) is 42.6 Å². The molecular weight excluding hydrogens is 336 g/mol. The van der Waals surface area contributed by atoms with Gasteiger partial charge < -0.3 is 14.6 Å². The Kier molecular flexibility index (Phi) is 6.43. The number of benzene rings is 1.